The molecule has 2 aromatic carbocycles. The fraction of sp³-hybridized carbons (Fsp3) is 0.333. The Hall–Kier alpha value is -2.67. The van der Waals surface area contributed by atoms with Gasteiger partial charge in [0.05, 0.1) is 11.3 Å². The molecular weight excluding hydrogens is 370 g/mol. The summed E-state index contributed by atoms with van der Waals surface area (Å²) in [7, 11) is 0. The third-order valence-corrected chi connectivity index (χ3v) is 5.76. The standard InChI is InChI=1S/C21H23N5OS/c1-16(28-21-22-23-24-26(21)19-12-13-19)20(27)25(14-17-8-4-2-5-9-17)15-18-10-6-3-7-11-18/h2-11,16,19H,12-15H2,1H3. The van der Waals surface area contributed by atoms with E-state index in [0.717, 1.165) is 29.1 Å². The average molecular weight is 394 g/mol. The van der Waals surface area contributed by atoms with Gasteiger partial charge in [-0.15, -0.1) is 5.10 Å². The molecule has 1 unspecified atom stereocenters. The van der Waals surface area contributed by atoms with Crippen LogP contribution in [-0.4, -0.2) is 36.3 Å². The molecule has 1 heterocycles. The number of tetrazole rings is 1. The SMILES string of the molecule is CC(Sc1nnnn1C1CC1)C(=O)N(Cc1ccccc1)Cc1ccccc1. The van der Waals surface area contributed by atoms with Crippen molar-refractivity contribution in [1.82, 2.24) is 25.1 Å². The second kappa shape index (κ2) is 8.56. The van der Waals surface area contributed by atoms with Gasteiger partial charge >= 0.3 is 0 Å². The molecule has 0 aliphatic heterocycles. The van der Waals surface area contributed by atoms with E-state index in [9.17, 15) is 4.79 Å². The van der Waals surface area contributed by atoms with Gasteiger partial charge in [-0.3, -0.25) is 4.79 Å². The Morgan fingerprint density at radius 2 is 1.64 bits per heavy atom. The van der Waals surface area contributed by atoms with Gasteiger partial charge in [0.1, 0.15) is 0 Å². The Labute approximate surface area is 168 Å². The van der Waals surface area contributed by atoms with Crippen LogP contribution in [0, 0.1) is 0 Å². The molecule has 144 valence electrons. The monoisotopic (exact) mass is 393 g/mol. The Balaban J connectivity index is 1.50. The Morgan fingerprint density at radius 1 is 1.07 bits per heavy atom. The molecule has 7 heteroatoms. The zero-order chi connectivity index (χ0) is 19.3. The number of hydrogen-bond donors (Lipinski definition) is 0. The zero-order valence-electron chi connectivity index (χ0n) is 15.8. The van der Waals surface area contributed by atoms with Crippen molar-refractivity contribution < 1.29 is 4.79 Å². The molecule has 0 bridgehead atoms. The van der Waals surface area contributed by atoms with Crippen molar-refractivity contribution in [1.29, 1.82) is 0 Å². The third kappa shape index (κ3) is 4.59. The van der Waals surface area contributed by atoms with Gasteiger partial charge in [0.2, 0.25) is 11.1 Å². The number of aromatic nitrogens is 4. The van der Waals surface area contributed by atoms with Crippen LogP contribution < -0.4 is 0 Å². The van der Waals surface area contributed by atoms with E-state index in [1.54, 1.807) is 0 Å². The van der Waals surface area contributed by atoms with Crippen LogP contribution >= 0.6 is 11.8 Å². The van der Waals surface area contributed by atoms with Gasteiger partial charge in [-0.25, -0.2) is 4.68 Å². The second-order valence-corrected chi connectivity index (χ2v) is 8.37. The first-order chi connectivity index (χ1) is 13.7. The molecule has 4 rings (SSSR count). The summed E-state index contributed by atoms with van der Waals surface area (Å²) < 4.78 is 1.85. The highest BCUT2D eigenvalue weighted by Gasteiger charge is 2.30. The maximum atomic E-state index is 13.3. The third-order valence-electron chi connectivity index (χ3n) is 4.73. The fourth-order valence-electron chi connectivity index (χ4n) is 3.10. The molecule has 1 atom stereocenters. The van der Waals surface area contributed by atoms with E-state index in [-0.39, 0.29) is 11.2 Å². The molecule has 1 aromatic heterocycles. The van der Waals surface area contributed by atoms with Crippen LogP contribution in [0.1, 0.15) is 36.9 Å². The van der Waals surface area contributed by atoms with Gasteiger partial charge in [-0.2, -0.15) is 0 Å². The summed E-state index contributed by atoms with van der Waals surface area (Å²) in [4.78, 5) is 15.2. The fourth-order valence-corrected chi connectivity index (χ4v) is 4.04. The van der Waals surface area contributed by atoms with Gasteiger partial charge < -0.3 is 4.90 Å². The Bertz CT molecular complexity index is 869. The van der Waals surface area contributed by atoms with Crippen molar-refractivity contribution >= 4 is 17.7 Å². The molecule has 1 amide bonds. The molecule has 3 aromatic rings. The van der Waals surface area contributed by atoms with Crippen LogP contribution in [0.3, 0.4) is 0 Å². The zero-order valence-corrected chi connectivity index (χ0v) is 16.6. The van der Waals surface area contributed by atoms with E-state index in [1.807, 2.05) is 52.9 Å². The molecule has 1 aliphatic rings. The lowest BCUT2D eigenvalue weighted by atomic mass is 10.1. The van der Waals surface area contributed by atoms with Gasteiger partial charge in [-0.05, 0) is 41.3 Å². The minimum Gasteiger partial charge on any atom is -0.333 e. The lowest BCUT2D eigenvalue weighted by Gasteiger charge is -2.26. The predicted molar refractivity (Wildman–Crippen MR) is 109 cm³/mol. The first kappa shape index (κ1) is 18.7. The van der Waals surface area contributed by atoms with E-state index in [1.165, 1.54) is 11.8 Å². The summed E-state index contributed by atoms with van der Waals surface area (Å²) in [5, 5.41) is 12.5. The van der Waals surface area contributed by atoms with Gasteiger partial charge in [0, 0.05) is 13.1 Å². The minimum absolute atomic E-state index is 0.0862. The van der Waals surface area contributed by atoms with Crippen molar-refractivity contribution in [2.45, 2.75) is 49.3 Å². The lowest BCUT2D eigenvalue weighted by molar-refractivity contribution is -0.131. The highest BCUT2D eigenvalue weighted by Crippen LogP contribution is 2.37. The summed E-state index contributed by atoms with van der Waals surface area (Å²) in [6, 6.07) is 20.6. The first-order valence-corrected chi connectivity index (χ1v) is 10.4. The number of amides is 1. The van der Waals surface area contributed by atoms with E-state index >= 15 is 0 Å². The van der Waals surface area contributed by atoms with Crippen LogP contribution in [0.25, 0.3) is 0 Å². The predicted octanol–water partition coefficient (Wildman–Crippen LogP) is 3.72. The maximum absolute atomic E-state index is 13.3. The summed E-state index contributed by atoms with van der Waals surface area (Å²) in [5.74, 6) is 0.0862. The maximum Gasteiger partial charge on any atom is 0.236 e. The number of carbonyl (C=O) groups is 1. The molecule has 0 N–H and O–H groups in total. The lowest BCUT2D eigenvalue weighted by Crippen LogP contribution is -2.35. The highest BCUT2D eigenvalue weighted by molar-refractivity contribution is 8.00. The van der Waals surface area contributed by atoms with Crippen LogP contribution in [0.5, 0.6) is 0 Å². The normalized spacial score (nSPS) is 14.6. The van der Waals surface area contributed by atoms with Crippen molar-refractivity contribution in [3.05, 3.63) is 71.8 Å². The summed E-state index contributed by atoms with van der Waals surface area (Å²) in [6.45, 7) is 3.09. The minimum atomic E-state index is -0.268. The van der Waals surface area contributed by atoms with Gasteiger partial charge in [0.25, 0.3) is 0 Å². The molecule has 1 aliphatic carbocycles. The first-order valence-electron chi connectivity index (χ1n) is 9.52. The van der Waals surface area contributed by atoms with E-state index in [4.69, 9.17) is 0 Å². The second-order valence-electron chi connectivity index (χ2n) is 7.06. The summed E-state index contributed by atoms with van der Waals surface area (Å²) in [5.41, 5.74) is 2.23. The average Bonchev–Trinajstić information content (AvgIpc) is 3.47. The number of carbonyl (C=O) groups excluding carboxylic acids is 1. The topological polar surface area (TPSA) is 63.9 Å². The van der Waals surface area contributed by atoms with Crippen molar-refractivity contribution in [3.63, 3.8) is 0 Å². The number of thioether (sulfide) groups is 1. The van der Waals surface area contributed by atoms with Crippen molar-refractivity contribution in [2.75, 3.05) is 0 Å². The summed E-state index contributed by atoms with van der Waals surface area (Å²) >= 11 is 1.44. The molecule has 1 saturated carbocycles. The molecule has 0 saturated heterocycles. The molecule has 0 spiro atoms. The number of rotatable bonds is 8. The summed E-state index contributed by atoms with van der Waals surface area (Å²) in [6.07, 6.45) is 2.21. The Morgan fingerprint density at radius 3 is 2.18 bits per heavy atom. The van der Waals surface area contributed by atoms with Crippen molar-refractivity contribution in [2.24, 2.45) is 0 Å². The Kier molecular flexibility index (Phi) is 5.71. The number of nitrogens with zero attached hydrogens (tertiary/aromatic N) is 5. The molecule has 0 radical (unpaired) electrons. The van der Waals surface area contributed by atoms with E-state index in [0.29, 0.717) is 19.1 Å². The smallest absolute Gasteiger partial charge is 0.236 e. The number of benzene rings is 2. The molecule has 28 heavy (non-hydrogen) atoms. The van der Waals surface area contributed by atoms with Crippen LogP contribution in [0.15, 0.2) is 65.8 Å². The van der Waals surface area contributed by atoms with E-state index in [2.05, 4.69) is 39.8 Å². The quantitative estimate of drug-likeness (QED) is 0.546. The van der Waals surface area contributed by atoms with Crippen LogP contribution in [0.2, 0.25) is 0 Å². The molecule has 1 fully saturated rings. The van der Waals surface area contributed by atoms with Gasteiger partial charge in [0.15, 0.2) is 0 Å². The molecular formula is C21H23N5OS. The van der Waals surface area contributed by atoms with Crippen molar-refractivity contribution in [3.8, 4) is 0 Å². The largest absolute Gasteiger partial charge is 0.333 e. The molecule has 6 nitrogen and oxygen atoms in total. The van der Waals surface area contributed by atoms with Crippen LogP contribution in [0.4, 0.5) is 0 Å². The van der Waals surface area contributed by atoms with Crippen LogP contribution in [-0.2, 0) is 17.9 Å². The van der Waals surface area contributed by atoms with Gasteiger partial charge in [-0.1, -0.05) is 72.4 Å². The number of hydrogen-bond acceptors (Lipinski definition) is 5. The van der Waals surface area contributed by atoms with E-state index < -0.39 is 0 Å². The highest BCUT2D eigenvalue weighted by atomic mass is 32.2.